The lowest BCUT2D eigenvalue weighted by molar-refractivity contribution is -0.127. The van der Waals surface area contributed by atoms with Crippen LogP contribution in [0.15, 0.2) is 53.8 Å². The third-order valence-electron chi connectivity index (χ3n) is 4.51. The quantitative estimate of drug-likeness (QED) is 0.649. The lowest BCUT2D eigenvalue weighted by atomic mass is 10.2. The van der Waals surface area contributed by atoms with Crippen molar-refractivity contribution in [3.05, 3.63) is 60.0 Å². The predicted molar refractivity (Wildman–Crippen MR) is 98.9 cm³/mol. The lowest BCUT2D eigenvalue weighted by Gasteiger charge is -2.22. The van der Waals surface area contributed by atoms with Crippen LogP contribution in [0, 0.1) is 5.82 Å². The highest BCUT2D eigenvalue weighted by Gasteiger charge is 2.33. The van der Waals surface area contributed by atoms with Gasteiger partial charge in [-0.15, -0.1) is 10.2 Å². The Morgan fingerprint density at radius 1 is 1.11 bits per heavy atom. The van der Waals surface area contributed by atoms with Gasteiger partial charge in [0.15, 0.2) is 10.8 Å². The van der Waals surface area contributed by atoms with Crippen molar-refractivity contribution in [1.82, 2.24) is 19.5 Å². The number of fused-ring (bicyclic) bond motifs is 1. The van der Waals surface area contributed by atoms with E-state index in [1.165, 1.54) is 40.9 Å². The van der Waals surface area contributed by atoms with Gasteiger partial charge in [0.2, 0.25) is 5.91 Å². The van der Waals surface area contributed by atoms with Crippen LogP contribution >= 0.6 is 11.8 Å². The van der Waals surface area contributed by atoms with Crippen LogP contribution in [0.3, 0.4) is 0 Å². The predicted octanol–water partition coefficient (Wildman–Crippen LogP) is 3.18. The fraction of sp³-hybridized carbons (Fsp3) is 0.263. The Hall–Kier alpha value is -2.74. The number of amides is 2. The Morgan fingerprint density at radius 3 is 2.74 bits per heavy atom. The first kappa shape index (κ1) is 17.7. The van der Waals surface area contributed by atoms with Crippen LogP contribution < -0.4 is 0 Å². The Labute approximate surface area is 159 Å². The summed E-state index contributed by atoms with van der Waals surface area (Å²) in [5.74, 6) is -1.04. The molecular weight excluding hydrogens is 367 g/mol. The monoisotopic (exact) mass is 384 g/mol. The van der Waals surface area contributed by atoms with E-state index in [1.807, 2.05) is 28.8 Å². The zero-order chi connectivity index (χ0) is 18.8. The van der Waals surface area contributed by atoms with Crippen molar-refractivity contribution in [2.45, 2.75) is 29.7 Å². The van der Waals surface area contributed by atoms with Crippen molar-refractivity contribution >= 4 is 29.2 Å². The molecule has 4 rings (SSSR count). The highest BCUT2D eigenvalue weighted by Crippen LogP contribution is 2.30. The molecule has 1 aromatic carbocycles. The molecule has 1 atom stereocenters. The van der Waals surface area contributed by atoms with Gasteiger partial charge in [0, 0.05) is 18.3 Å². The molecule has 1 aliphatic rings. The second-order valence-electron chi connectivity index (χ2n) is 6.32. The number of imide groups is 1. The fourth-order valence-electron chi connectivity index (χ4n) is 3.09. The Kier molecular flexibility index (Phi) is 4.89. The molecule has 0 radical (unpaired) electrons. The van der Waals surface area contributed by atoms with Gasteiger partial charge in [0.25, 0.3) is 5.91 Å². The standard InChI is InChI=1S/C19H17FN4O2S/c20-14-9-7-13(8-10-14)17(25)24-12-3-1-5-15(18(24)26)27-19-22-21-16-6-2-4-11-23(16)19/h2,4,6-11,15H,1,3,5,12H2/t15-/m0/s1. The maximum atomic E-state index is 13.1. The zero-order valence-corrected chi connectivity index (χ0v) is 15.2. The van der Waals surface area contributed by atoms with E-state index in [-0.39, 0.29) is 5.91 Å². The molecule has 2 amide bonds. The molecule has 0 saturated carbocycles. The minimum absolute atomic E-state index is 0.237. The molecule has 1 aliphatic heterocycles. The van der Waals surface area contributed by atoms with Gasteiger partial charge >= 0.3 is 0 Å². The van der Waals surface area contributed by atoms with Crippen molar-refractivity contribution in [2.75, 3.05) is 6.54 Å². The largest absolute Gasteiger partial charge is 0.278 e. The van der Waals surface area contributed by atoms with Crippen molar-refractivity contribution < 1.29 is 14.0 Å². The summed E-state index contributed by atoms with van der Waals surface area (Å²) in [6.45, 7) is 0.368. The van der Waals surface area contributed by atoms with Gasteiger partial charge in [-0.3, -0.25) is 18.9 Å². The summed E-state index contributed by atoms with van der Waals surface area (Å²) in [5, 5.41) is 8.49. The number of hydrogen-bond donors (Lipinski definition) is 0. The number of carbonyl (C=O) groups excluding carboxylic acids is 2. The number of aromatic nitrogens is 3. The maximum absolute atomic E-state index is 13.1. The average molecular weight is 384 g/mol. The number of halogens is 1. The van der Waals surface area contributed by atoms with E-state index < -0.39 is 17.0 Å². The molecule has 0 aliphatic carbocycles. The highest BCUT2D eigenvalue weighted by atomic mass is 32.2. The summed E-state index contributed by atoms with van der Waals surface area (Å²) in [6.07, 6.45) is 4.10. The molecule has 6 nitrogen and oxygen atoms in total. The first-order chi connectivity index (χ1) is 13.1. The molecule has 138 valence electrons. The number of carbonyl (C=O) groups is 2. The van der Waals surface area contributed by atoms with Crippen molar-refractivity contribution in [1.29, 1.82) is 0 Å². The lowest BCUT2D eigenvalue weighted by Crippen LogP contribution is -2.41. The molecule has 8 heteroatoms. The van der Waals surface area contributed by atoms with E-state index in [4.69, 9.17) is 0 Å². The highest BCUT2D eigenvalue weighted by molar-refractivity contribution is 8.00. The van der Waals surface area contributed by atoms with Gasteiger partial charge in [-0.05, 0) is 49.2 Å². The van der Waals surface area contributed by atoms with Gasteiger partial charge in [0.05, 0.1) is 5.25 Å². The number of pyridine rings is 1. The van der Waals surface area contributed by atoms with Crippen molar-refractivity contribution in [2.24, 2.45) is 0 Å². The molecule has 2 aromatic heterocycles. The minimum Gasteiger partial charge on any atom is -0.278 e. The third kappa shape index (κ3) is 3.57. The summed E-state index contributed by atoms with van der Waals surface area (Å²) < 4.78 is 15.0. The van der Waals surface area contributed by atoms with E-state index in [2.05, 4.69) is 10.2 Å². The Bertz CT molecular complexity index is 989. The van der Waals surface area contributed by atoms with Gasteiger partial charge in [-0.2, -0.15) is 0 Å². The fourth-order valence-corrected chi connectivity index (χ4v) is 4.22. The first-order valence-corrected chi connectivity index (χ1v) is 9.59. The van der Waals surface area contributed by atoms with Crippen LogP contribution in [0.25, 0.3) is 5.65 Å². The SMILES string of the molecule is O=C(c1ccc(F)cc1)N1CCCC[C@H](Sc2nnc3ccccn23)C1=O. The first-order valence-electron chi connectivity index (χ1n) is 8.71. The Balaban J connectivity index is 1.57. The van der Waals surface area contributed by atoms with Gasteiger partial charge < -0.3 is 0 Å². The van der Waals surface area contributed by atoms with Gasteiger partial charge in [0.1, 0.15) is 5.82 Å². The number of benzene rings is 1. The van der Waals surface area contributed by atoms with E-state index in [1.54, 1.807) is 0 Å². The number of rotatable bonds is 3. The number of hydrogen-bond acceptors (Lipinski definition) is 5. The van der Waals surface area contributed by atoms with E-state index in [0.29, 0.717) is 29.3 Å². The molecule has 3 aromatic rings. The summed E-state index contributed by atoms with van der Waals surface area (Å²) in [6, 6.07) is 10.9. The average Bonchev–Trinajstić information content (AvgIpc) is 3.00. The molecule has 0 N–H and O–H groups in total. The van der Waals surface area contributed by atoms with Crippen LogP contribution in [0.2, 0.25) is 0 Å². The van der Waals surface area contributed by atoms with Crippen LogP contribution in [0.1, 0.15) is 29.6 Å². The molecular formula is C19H17FN4O2S. The van der Waals surface area contributed by atoms with Crippen LogP contribution in [-0.4, -0.2) is 43.1 Å². The van der Waals surface area contributed by atoms with Gasteiger partial charge in [-0.25, -0.2) is 4.39 Å². The van der Waals surface area contributed by atoms with Crippen molar-refractivity contribution in [3.63, 3.8) is 0 Å². The van der Waals surface area contributed by atoms with Crippen LogP contribution in [0.4, 0.5) is 4.39 Å². The third-order valence-corrected chi connectivity index (χ3v) is 5.72. The topological polar surface area (TPSA) is 67.6 Å². The number of likely N-dealkylation sites (tertiary alicyclic amines) is 1. The smallest absolute Gasteiger partial charge is 0.260 e. The molecule has 0 bridgehead atoms. The number of nitrogens with zero attached hydrogens (tertiary/aromatic N) is 4. The van der Waals surface area contributed by atoms with Crippen LogP contribution in [0.5, 0.6) is 0 Å². The van der Waals surface area contributed by atoms with E-state index >= 15 is 0 Å². The molecule has 1 saturated heterocycles. The minimum atomic E-state index is -0.416. The second kappa shape index (κ2) is 7.48. The summed E-state index contributed by atoms with van der Waals surface area (Å²) in [7, 11) is 0. The van der Waals surface area contributed by atoms with E-state index in [9.17, 15) is 14.0 Å². The maximum Gasteiger partial charge on any atom is 0.260 e. The van der Waals surface area contributed by atoms with Gasteiger partial charge in [-0.1, -0.05) is 24.2 Å². The summed E-state index contributed by atoms with van der Waals surface area (Å²) in [5.41, 5.74) is 1.02. The summed E-state index contributed by atoms with van der Waals surface area (Å²) in [4.78, 5) is 27.1. The second-order valence-corrected chi connectivity index (χ2v) is 7.49. The normalized spacial score (nSPS) is 17.9. The molecule has 1 fully saturated rings. The number of thioether (sulfide) groups is 1. The zero-order valence-electron chi connectivity index (χ0n) is 14.4. The Morgan fingerprint density at radius 2 is 1.93 bits per heavy atom. The molecule has 0 spiro atoms. The summed E-state index contributed by atoms with van der Waals surface area (Å²) >= 11 is 1.33. The molecule has 0 unspecified atom stereocenters. The van der Waals surface area contributed by atoms with Crippen LogP contribution in [-0.2, 0) is 4.79 Å². The molecule has 27 heavy (non-hydrogen) atoms. The van der Waals surface area contributed by atoms with E-state index in [0.717, 1.165) is 12.8 Å². The molecule has 3 heterocycles. The van der Waals surface area contributed by atoms with Crippen molar-refractivity contribution in [3.8, 4) is 0 Å².